The highest BCUT2D eigenvalue weighted by atomic mass is 16.6. The van der Waals surface area contributed by atoms with Crippen molar-refractivity contribution in [2.75, 3.05) is 7.11 Å². The molecule has 0 saturated heterocycles. The summed E-state index contributed by atoms with van der Waals surface area (Å²) < 4.78 is 5.20. The number of nitro benzene ring substituents is 1. The van der Waals surface area contributed by atoms with Crippen molar-refractivity contribution in [3.05, 3.63) is 74.8 Å². The van der Waals surface area contributed by atoms with E-state index < -0.39 is 4.92 Å². The van der Waals surface area contributed by atoms with E-state index in [1.807, 2.05) is 24.3 Å². The van der Waals surface area contributed by atoms with Crippen molar-refractivity contribution in [1.29, 1.82) is 0 Å². The lowest BCUT2D eigenvalue weighted by atomic mass is 10.1. The van der Waals surface area contributed by atoms with E-state index in [4.69, 9.17) is 4.74 Å². The molecule has 0 fully saturated rings. The predicted octanol–water partition coefficient (Wildman–Crippen LogP) is 3.43. The zero-order valence-electron chi connectivity index (χ0n) is 11.9. The fourth-order valence-corrected chi connectivity index (χ4v) is 2.59. The van der Waals surface area contributed by atoms with E-state index in [9.17, 15) is 14.9 Å². The Balaban J connectivity index is 2.00. The maximum absolute atomic E-state index is 12.4. The molecule has 110 valence electrons. The Hall–Kier alpha value is -2.95. The van der Waals surface area contributed by atoms with Crippen molar-refractivity contribution < 1.29 is 14.5 Å². The summed E-state index contributed by atoms with van der Waals surface area (Å²) in [7, 11) is 1.45. The van der Waals surface area contributed by atoms with E-state index in [1.165, 1.54) is 19.2 Å². The quantitative estimate of drug-likeness (QED) is 0.494. The number of carbonyl (C=O) groups is 1. The largest absolute Gasteiger partial charge is 0.496 e. The first kappa shape index (κ1) is 14.0. The van der Waals surface area contributed by atoms with Crippen molar-refractivity contribution in [1.82, 2.24) is 0 Å². The molecule has 1 aliphatic rings. The van der Waals surface area contributed by atoms with Gasteiger partial charge in [-0.3, -0.25) is 14.9 Å². The van der Waals surface area contributed by atoms with Crippen molar-refractivity contribution in [3.8, 4) is 5.75 Å². The van der Waals surface area contributed by atoms with Crippen LogP contribution >= 0.6 is 0 Å². The van der Waals surface area contributed by atoms with Gasteiger partial charge in [0.25, 0.3) is 5.69 Å². The molecule has 0 unspecified atom stereocenters. The number of hydrogen-bond acceptors (Lipinski definition) is 4. The molecule has 3 rings (SSSR count). The van der Waals surface area contributed by atoms with Crippen LogP contribution in [-0.2, 0) is 6.42 Å². The van der Waals surface area contributed by atoms with Crippen molar-refractivity contribution in [2.24, 2.45) is 0 Å². The second kappa shape index (κ2) is 5.44. The van der Waals surface area contributed by atoms with Crippen LogP contribution in [0.1, 0.15) is 21.5 Å². The molecule has 2 aromatic rings. The smallest absolute Gasteiger partial charge is 0.273 e. The number of rotatable bonds is 3. The Morgan fingerprint density at radius 3 is 2.68 bits per heavy atom. The number of methoxy groups -OCH3 is 1. The van der Waals surface area contributed by atoms with Gasteiger partial charge in [-0.05, 0) is 17.7 Å². The highest BCUT2D eigenvalue weighted by Gasteiger charge is 2.24. The second-order valence-electron chi connectivity index (χ2n) is 5.02. The number of nitrogens with zero attached hydrogens (tertiary/aromatic N) is 1. The lowest BCUT2D eigenvalue weighted by Gasteiger charge is -2.05. The van der Waals surface area contributed by atoms with E-state index in [1.54, 1.807) is 12.1 Å². The van der Waals surface area contributed by atoms with Crippen LogP contribution in [-0.4, -0.2) is 17.8 Å². The lowest BCUT2D eigenvalue weighted by molar-refractivity contribution is -0.384. The Morgan fingerprint density at radius 1 is 1.23 bits per heavy atom. The molecule has 5 nitrogen and oxygen atoms in total. The average molecular weight is 295 g/mol. The number of allylic oxidation sites excluding steroid dienone is 1. The van der Waals surface area contributed by atoms with Gasteiger partial charge in [0, 0.05) is 29.2 Å². The van der Waals surface area contributed by atoms with Crippen LogP contribution in [0.3, 0.4) is 0 Å². The third-order valence-electron chi connectivity index (χ3n) is 3.69. The number of fused-ring (bicyclic) bond motifs is 1. The van der Waals surface area contributed by atoms with Gasteiger partial charge in [-0.2, -0.15) is 0 Å². The third kappa shape index (κ3) is 2.37. The highest BCUT2D eigenvalue weighted by Crippen LogP contribution is 2.31. The van der Waals surface area contributed by atoms with Crippen LogP contribution in [0, 0.1) is 10.1 Å². The molecule has 0 amide bonds. The molecule has 5 heteroatoms. The molecule has 0 saturated carbocycles. The third-order valence-corrected chi connectivity index (χ3v) is 3.69. The Morgan fingerprint density at radius 2 is 2.00 bits per heavy atom. The summed E-state index contributed by atoms with van der Waals surface area (Å²) in [5.41, 5.74) is 2.99. The van der Waals surface area contributed by atoms with Crippen LogP contribution in [0.2, 0.25) is 0 Å². The molecule has 22 heavy (non-hydrogen) atoms. The number of ketones is 1. The summed E-state index contributed by atoms with van der Waals surface area (Å²) in [6.45, 7) is 0. The SMILES string of the molecule is COc1cc([N+](=O)[O-])ccc1/C=C1/Cc2ccccc2C1=O. The minimum absolute atomic E-state index is 0.00370. The molecule has 0 heterocycles. The Bertz CT molecular complexity index is 808. The van der Waals surface area contributed by atoms with Crippen LogP contribution < -0.4 is 4.74 Å². The van der Waals surface area contributed by atoms with Crippen LogP contribution in [0.25, 0.3) is 6.08 Å². The first-order valence-electron chi connectivity index (χ1n) is 6.76. The van der Waals surface area contributed by atoms with Gasteiger partial charge in [0.15, 0.2) is 5.78 Å². The van der Waals surface area contributed by atoms with E-state index in [2.05, 4.69) is 0 Å². The number of Topliss-reactive ketones (excluding diaryl/α,β-unsaturated/α-hetero) is 1. The predicted molar refractivity (Wildman–Crippen MR) is 82.1 cm³/mol. The van der Waals surface area contributed by atoms with Gasteiger partial charge in [-0.1, -0.05) is 24.3 Å². The number of hydrogen-bond donors (Lipinski definition) is 0. The highest BCUT2D eigenvalue weighted by molar-refractivity contribution is 6.15. The molecular weight excluding hydrogens is 282 g/mol. The Labute approximate surface area is 127 Å². The lowest BCUT2D eigenvalue weighted by Crippen LogP contribution is -1.96. The molecule has 0 spiro atoms. The van der Waals surface area contributed by atoms with Gasteiger partial charge < -0.3 is 4.74 Å². The first-order valence-corrected chi connectivity index (χ1v) is 6.76. The van der Waals surface area contributed by atoms with E-state index in [-0.39, 0.29) is 11.5 Å². The maximum atomic E-state index is 12.4. The monoisotopic (exact) mass is 295 g/mol. The summed E-state index contributed by atoms with van der Waals surface area (Å²) >= 11 is 0. The topological polar surface area (TPSA) is 69.4 Å². The van der Waals surface area contributed by atoms with Gasteiger partial charge in [-0.25, -0.2) is 0 Å². The van der Waals surface area contributed by atoms with Crippen LogP contribution in [0.5, 0.6) is 5.75 Å². The van der Waals surface area contributed by atoms with Crippen molar-refractivity contribution in [3.63, 3.8) is 0 Å². The fourth-order valence-electron chi connectivity index (χ4n) is 2.59. The van der Waals surface area contributed by atoms with Crippen molar-refractivity contribution in [2.45, 2.75) is 6.42 Å². The van der Waals surface area contributed by atoms with Crippen LogP contribution in [0.15, 0.2) is 48.0 Å². The zero-order chi connectivity index (χ0) is 15.7. The summed E-state index contributed by atoms with van der Waals surface area (Å²) in [5.74, 6) is 0.376. The minimum Gasteiger partial charge on any atom is -0.496 e. The summed E-state index contributed by atoms with van der Waals surface area (Å²) in [5, 5.41) is 10.8. The molecule has 0 N–H and O–H groups in total. The number of benzene rings is 2. The number of non-ortho nitro benzene ring substituents is 1. The van der Waals surface area contributed by atoms with Gasteiger partial charge in [-0.15, -0.1) is 0 Å². The number of nitro groups is 1. The van der Waals surface area contributed by atoms with Crippen molar-refractivity contribution >= 4 is 17.5 Å². The van der Waals surface area contributed by atoms with E-state index in [0.29, 0.717) is 23.3 Å². The number of carbonyl (C=O) groups excluding carboxylic acids is 1. The molecular formula is C17H13NO4. The van der Waals surface area contributed by atoms with Gasteiger partial charge in [0.05, 0.1) is 18.1 Å². The number of ether oxygens (including phenoxy) is 1. The van der Waals surface area contributed by atoms with Gasteiger partial charge in [0.2, 0.25) is 0 Å². The fraction of sp³-hybridized carbons (Fsp3) is 0.118. The zero-order valence-corrected chi connectivity index (χ0v) is 11.9. The molecule has 1 aliphatic carbocycles. The standard InChI is InChI=1S/C17H13NO4/c1-22-16-10-14(18(20)21)7-6-12(16)9-13-8-11-4-2-3-5-15(11)17(13)19/h2-7,9-10H,8H2,1H3/b13-9-. The Kier molecular flexibility index (Phi) is 3.47. The average Bonchev–Trinajstić information content (AvgIpc) is 2.84. The van der Waals surface area contributed by atoms with Gasteiger partial charge in [0.1, 0.15) is 5.75 Å². The maximum Gasteiger partial charge on any atom is 0.273 e. The summed E-state index contributed by atoms with van der Waals surface area (Å²) in [6.07, 6.45) is 2.31. The summed E-state index contributed by atoms with van der Waals surface area (Å²) in [4.78, 5) is 22.7. The normalized spacial score (nSPS) is 15.0. The molecule has 0 aromatic heterocycles. The van der Waals surface area contributed by atoms with E-state index >= 15 is 0 Å². The summed E-state index contributed by atoms with van der Waals surface area (Å²) in [6, 6.07) is 11.8. The molecule has 0 aliphatic heterocycles. The van der Waals surface area contributed by atoms with Gasteiger partial charge >= 0.3 is 0 Å². The van der Waals surface area contributed by atoms with E-state index in [0.717, 1.165) is 11.1 Å². The molecule has 0 bridgehead atoms. The second-order valence-corrected chi connectivity index (χ2v) is 5.02. The molecule has 2 aromatic carbocycles. The molecule has 0 atom stereocenters. The minimum atomic E-state index is -0.476. The van der Waals surface area contributed by atoms with Crippen LogP contribution in [0.4, 0.5) is 5.69 Å². The first-order chi connectivity index (χ1) is 10.6. The molecule has 0 radical (unpaired) electrons.